The first-order valence-corrected chi connectivity index (χ1v) is 4.54. The van der Waals surface area contributed by atoms with Gasteiger partial charge in [-0.1, -0.05) is 0 Å². The van der Waals surface area contributed by atoms with E-state index in [4.69, 9.17) is 10.2 Å². The molecular weight excluding hydrogens is 277 g/mol. The van der Waals surface area contributed by atoms with Crippen LogP contribution < -0.4 is 0 Å². The van der Waals surface area contributed by atoms with Crippen molar-refractivity contribution >= 4 is 6.29 Å². The van der Waals surface area contributed by atoms with E-state index in [1.807, 2.05) is 0 Å². The minimum Gasteiger partial charge on any atom is -0.542 e. The molecule has 0 saturated carbocycles. The second-order valence-corrected chi connectivity index (χ2v) is 3.46. The molecule has 15 heavy (non-hydrogen) atoms. The first kappa shape index (κ1) is 18.0. The first-order chi connectivity index (χ1) is 6.47. The number of hydrogen-bond acceptors (Lipinski definition) is 5. The van der Waals surface area contributed by atoms with E-state index in [-0.39, 0.29) is 52.0 Å². The molecule has 0 aromatic carbocycles. The van der Waals surface area contributed by atoms with E-state index in [2.05, 4.69) is 0 Å². The molecule has 4 N–H and O–H groups in total. The second kappa shape index (κ2) is 9.81. The Bertz CT molecular complexity index is 165. The van der Waals surface area contributed by atoms with Crippen molar-refractivity contribution in [1.82, 2.24) is 0 Å². The topological polar surface area (TPSA) is 98.0 Å². The van der Waals surface area contributed by atoms with Gasteiger partial charge in [-0.15, -0.1) is 6.42 Å². The Labute approximate surface area is 114 Å². The molecule has 0 saturated heterocycles. The van der Waals surface area contributed by atoms with Crippen molar-refractivity contribution in [1.29, 1.82) is 0 Å². The summed E-state index contributed by atoms with van der Waals surface area (Å²) in [5.41, 5.74) is 0. The third kappa shape index (κ3) is 9.54. The maximum Gasteiger partial charge on any atom is 0.0824 e. The fourth-order valence-corrected chi connectivity index (χ4v) is 1.12. The molecule has 0 aliphatic heterocycles. The molecule has 4 atom stereocenters. The van der Waals surface area contributed by atoms with Crippen molar-refractivity contribution in [2.24, 2.45) is 0 Å². The summed E-state index contributed by atoms with van der Waals surface area (Å²) < 4.78 is 0. The second-order valence-electron chi connectivity index (χ2n) is 3.46. The van der Waals surface area contributed by atoms with Crippen LogP contribution in [0.1, 0.15) is 26.2 Å². The normalized spacial score (nSPS) is 18.5. The van der Waals surface area contributed by atoms with E-state index in [0.29, 0.717) is 0 Å². The number of carbonyl (C=O) groups excluding carboxylic acids is 1. The molecule has 0 amide bonds. The maximum absolute atomic E-state index is 9.88. The van der Waals surface area contributed by atoms with Gasteiger partial charge in [-0.25, -0.2) is 0 Å². The zero-order valence-corrected chi connectivity index (χ0v) is 11.5. The summed E-state index contributed by atoms with van der Waals surface area (Å²) in [5, 5.41) is 36.6. The van der Waals surface area contributed by atoms with Crippen LogP contribution >= 0.6 is 0 Å². The summed E-state index contributed by atoms with van der Waals surface area (Å²) in [5.74, 6) is 0. The molecule has 6 heteroatoms. The Morgan fingerprint density at radius 1 is 1.07 bits per heavy atom. The summed E-state index contributed by atoms with van der Waals surface area (Å²) in [6.07, 6.45) is -2.65. The van der Waals surface area contributed by atoms with Crippen LogP contribution in [-0.4, -0.2) is 51.1 Å². The average molecular weight is 294 g/mol. The summed E-state index contributed by atoms with van der Waals surface area (Å²) in [6.45, 7) is 1.49. The van der Waals surface area contributed by atoms with Gasteiger partial charge < -0.3 is 25.2 Å². The predicted octanol–water partition coefficient (Wildman–Crippen LogP) is -1.27. The summed E-state index contributed by atoms with van der Waals surface area (Å²) in [6, 6.07) is 0. The fourth-order valence-electron chi connectivity index (χ4n) is 1.12. The summed E-state index contributed by atoms with van der Waals surface area (Å²) in [4.78, 5) is 9.88. The number of aliphatic hydroxyl groups excluding tert-OH is 4. The molecule has 0 aromatic rings. The van der Waals surface area contributed by atoms with E-state index in [1.54, 1.807) is 0 Å². The minimum atomic E-state index is -1.13. The molecule has 0 aliphatic rings. The number of aliphatic hydroxyl groups is 4. The Kier molecular flexibility index (Phi) is 11.8. The van der Waals surface area contributed by atoms with Gasteiger partial charge in [0.15, 0.2) is 0 Å². The Hall–Kier alpha value is 0.614. The predicted molar refractivity (Wildman–Crippen MR) is 49.2 cm³/mol. The van der Waals surface area contributed by atoms with Gasteiger partial charge in [0.1, 0.15) is 0 Å². The molecule has 0 spiro atoms. The summed E-state index contributed by atoms with van der Waals surface area (Å²) >= 11 is 0. The maximum atomic E-state index is 9.88. The quantitative estimate of drug-likeness (QED) is 0.439. The minimum absolute atomic E-state index is 0. The smallest absolute Gasteiger partial charge is 0.0824 e. The van der Waals surface area contributed by atoms with Crippen LogP contribution in [0.5, 0.6) is 0 Å². The molecular formula is C9H17O5Y-. The van der Waals surface area contributed by atoms with Crippen LogP contribution in [-0.2, 0) is 37.5 Å². The van der Waals surface area contributed by atoms with Crippen LogP contribution in [0.25, 0.3) is 0 Å². The van der Waals surface area contributed by atoms with Crippen LogP contribution in [0.3, 0.4) is 0 Å². The van der Waals surface area contributed by atoms with Crippen molar-refractivity contribution < 1.29 is 57.9 Å². The summed E-state index contributed by atoms with van der Waals surface area (Å²) in [7, 11) is 0. The van der Waals surface area contributed by atoms with Gasteiger partial charge in [0, 0.05) is 45.2 Å². The van der Waals surface area contributed by atoms with Gasteiger partial charge in [-0.3, -0.25) is 6.29 Å². The van der Waals surface area contributed by atoms with Crippen LogP contribution in [0.2, 0.25) is 0 Å². The zero-order chi connectivity index (χ0) is 11.1. The molecule has 1 radical (unpaired) electrons. The molecule has 0 aromatic heterocycles. The molecule has 4 unspecified atom stereocenters. The van der Waals surface area contributed by atoms with Crippen molar-refractivity contribution in [3.05, 3.63) is 0 Å². The van der Waals surface area contributed by atoms with Gasteiger partial charge in [0.2, 0.25) is 0 Å². The molecule has 0 heterocycles. The molecule has 0 rings (SSSR count). The largest absolute Gasteiger partial charge is 0.542 e. The van der Waals surface area contributed by atoms with Gasteiger partial charge in [0.25, 0.3) is 0 Å². The van der Waals surface area contributed by atoms with E-state index in [9.17, 15) is 15.0 Å². The van der Waals surface area contributed by atoms with Gasteiger partial charge in [-0.2, -0.15) is 0 Å². The van der Waals surface area contributed by atoms with Crippen molar-refractivity contribution in [2.45, 2.75) is 50.6 Å². The van der Waals surface area contributed by atoms with Gasteiger partial charge in [0.05, 0.1) is 18.3 Å². The van der Waals surface area contributed by atoms with E-state index in [1.165, 1.54) is 13.2 Å². The third-order valence-corrected chi connectivity index (χ3v) is 1.86. The van der Waals surface area contributed by atoms with Crippen LogP contribution in [0, 0.1) is 0 Å². The van der Waals surface area contributed by atoms with E-state index >= 15 is 0 Å². The van der Waals surface area contributed by atoms with Crippen LogP contribution in [0.15, 0.2) is 0 Å². The first-order valence-electron chi connectivity index (χ1n) is 4.54. The Morgan fingerprint density at radius 2 is 1.53 bits per heavy atom. The molecule has 5 nitrogen and oxygen atoms in total. The van der Waals surface area contributed by atoms with Crippen LogP contribution in [0.4, 0.5) is 0 Å². The monoisotopic (exact) mass is 294 g/mol. The van der Waals surface area contributed by atoms with E-state index < -0.39 is 24.4 Å². The molecule has 0 fully saturated rings. The molecule has 87 valence electrons. The SMILES string of the molecule is CC(O)CC(O)C(O)CC(O)C[C-]=O.[Y]. The van der Waals surface area contributed by atoms with Crippen molar-refractivity contribution in [2.75, 3.05) is 0 Å². The standard InChI is InChI=1S/C9H17O5.Y/c1-6(11)4-8(13)9(14)5-7(12)2-3-10;/h6-9,11-14H,2,4-5H2,1H3;/q-1;. The van der Waals surface area contributed by atoms with Gasteiger partial charge in [-0.05, 0) is 13.3 Å². The number of hydrogen-bond donors (Lipinski definition) is 4. The van der Waals surface area contributed by atoms with Crippen molar-refractivity contribution in [3.63, 3.8) is 0 Å². The van der Waals surface area contributed by atoms with Gasteiger partial charge >= 0.3 is 0 Å². The van der Waals surface area contributed by atoms with Crippen molar-refractivity contribution in [3.8, 4) is 0 Å². The van der Waals surface area contributed by atoms with E-state index in [0.717, 1.165) is 0 Å². The fraction of sp³-hybridized carbons (Fsp3) is 0.889. The zero-order valence-electron chi connectivity index (χ0n) is 8.71. The molecule has 0 aliphatic carbocycles. The average Bonchev–Trinajstić information content (AvgIpc) is 2.02. The number of rotatable bonds is 7. The Balaban J connectivity index is 0. The molecule has 0 bridgehead atoms. The Morgan fingerprint density at radius 3 is 1.93 bits per heavy atom. The third-order valence-electron chi connectivity index (χ3n) is 1.86.